The van der Waals surface area contributed by atoms with E-state index in [0.717, 1.165) is 6.42 Å². The Bertz CT molecular complexity index is 139. The first-order valence-electron chi connectivity index (χ1n) is 4.74. The van der Waals surface area contributed by atoms with Gasteiger partial charge in [0.15, 0.2) is 6.10 Å². The standard InChI is InChI=1S/C9H19NO3/c1-3-5-8(13-7-6-10)9(11)12-4-2/h8H,3-7,10H2,1-2H3. The molecule has 0 aromatic rings. The number of carbonyl (C=O) groups is 1. The van der Waals surface area contributed by atoms with Crippen LogP contribution in [0.5, 0.6) is 0 Å². The van der Waals surface area contributed by atoms with Crippen LogP contribution in [0.4, 0.5) is 0 Å². The van der Waals surface area contributed by atoms with Gasteiger partial charge < -0.3 is 15.2 Å². The summed E-state index contributed by atoms with van der Waals surface area (Å²) < 4.78 is 10.1. The summed E-state index contributed by atoms with van der Waals surface area (Å²) in [6.45, 7) is 5.01. The molecule has 0 aliphatic carbocycles. The van der Waals surface area contributed by atoms with E-state index in [9.17, 15) is 4.79 Å². The Balaban J connectivity index is 3.83. The Morgan fingerprint density at radius 1 is 1.46 bits per heavy atom. The van der Waals surface area contributed by atoms with Crippen LogP contribution < -0.4 is 5.73 Å². The first-order valence-corrected chi connectivity index (χ1v) is 4.74. The van der Waals surface area contributed by atoms with Gasteiger partial charge >= 0.3 is 5.97 Å². The number of hydrogen-bond acceptors (Lipinski definition) is 4. The molecule has 1 atom stereocenters. The minimum absolute atomic E-state index is 0.280. The molecule has 0 amide bonds. The lowest BCUT2D eigenvalue weighted by molar-refractivity contribution is -0.157. The monoisotopic (exact) mass is 189 g/mol. The van der Waals surface area contributed by atoms with Crippen LogP contribution in [0.15, 0.2) is 0 Å². The molecule has 0 aliphatic heterocycles. The summed E-state index contributed by atoms with van der Waals surface area (Å²) in [4.78, 5) is 11.3. The molecule has 0 aromatic heterocycles. The minimum Gasteiger partial charge on any atom is -0.464 e. The van der Waals surface area contributed by atoms with Gasteiger partial charge in [-0.3, -0.25) is 0 Å². The lowest BCUT2D eigenvalue weighted by atomic mass is 10.2. The van der Waals surface area contributed by atoms with Crippen molar-refractivity contribution in [2.45, 2.75) is 32.8 Å². The van der Waals surface area contributed by atoms with Crippen LogP contribution in [0.1, 0.15) is 26.7 Å². The topological polar surface area (TPSA) is 61.5 Å². The molecule has 0 aliphatic rings. The fraction of sp³-hybridized carbons (Fsp3) is 0.889. The number of ether oxygens (including phenoxy) is 2. The molecule has 0 rings (SSSR count). The molecule has 13 heavy (non-hydrogen) atoms. The zero-order valence-corrected chi connectivity index (χ0v) is 8.41. The first kappa shape index (κ1) is 12.4. The Hall–Kier alpha value is -0.610. The van der Waals surface area contributed by atoms with Gasteiger partial charge in [0.25, 0.3) is 0 Å². The fourth-order valence-electron chi connectivity index (χ4n) is 0.977. The average Bonchev–Trinajstić information content (AvgIpc) is 2.12. The van der Waals surface area contributed by atoms with Gasteiger partial charge in [0.1, 0.15) is 0 Å². The third-order valence-corrected chi connectivity index (χ3v) is 1.54. The van der Waals surface area contributed by atoms with Crippen molar-refractivity contribution in [3.63, 3.8) is 0 Å². The second kappa shape index (κ2) is 8.01. The molecule has 4 heteroatoms. The lowest BCUT2D eigenvalue weighted by Gasteiger charge is -2.14. The number of nitrogens with two attached hydrogens (primary N) is 1. The van der Waals surface area contributed by atoms with Crippen molar-refractivity contribution < 1.29 is 14.3 Å². The van der Waals surface area contributed by atoms with Gasteiger partial charge in [0.05, 0.1) is 13.2 Å². The fourth-order valence-corrected chi connectivity index (χ4v) is 0.977. The highest BCUT2D eigenvalue weighted by Gasteiger charge is 2.18. The van der Waals surface area contributed by atoms with E-state index in [1.165, 1.54) is 0 Å². The van der Waals surface area contributed by atoms with Gasteiger partial charge in [-0.05, 0) is 13.3 Å². The normalized spacial score (nSPS) is 12.5. The molecule has 2 N–H and O–H groups in total. The van der Waals surface area contributed by atoms with Gasteiger partial charge in [0, 0.05) is 6.54 Å². The van der Waals surface area contributed by atoms with Crippen molar-refractivity contribution in [1.29, 1.82) is 0 Å². The van der Waals surface area contributed by atoms with E-state index < -0.39 is 6.10 Å². The molecule has 1 unspecified atom stereocenters. The van der Waals surface area contributed by atoms with Crippen LogP contribution in [0.3, 0.4) is 0 Å². The maximum Gasteiger partial charge on any atom is 0.335 e. The van der Waals surface area contributed by atoms with Gasteiger partial charge in [0.2, 0.25) is 0 Å². The molecular weight excluding hydrogens is 170 g/mol. The number of carbonyl (C=O) groups excluding carboxylic acids is 1. The maximum atomic E-state index is 11.3. The van der Waals surface area contributed by atoms with Gasteiger partial charge in [-0.2, -0.15) is 0 Å². The van der Waals surface area contributed by atoms with E-state index in [-0.39, 0.29) is 5.97 Å². The highest BCUT2D eigenvalue weighted by Crippen LogP contribution is 2.04. The van der Waals surface area contributed by atoms with Gasteiger partial charge in [-0.1, -0.05) is 13.3 Å². The highest BCUT2D eigenvalue weighted by molar-refractivity contribution is 5.74. The molecule has 78 valence electrons. The Morgan fingerprint density at radius 2 is 2.15 bits per heavy atom. The Morgan fingerprint density at radius 3 is 2.62 bits per heavy atom. The van der Waals surface area contributed by atoms with E-state index in [0.29, 0.717) is 26.2 Å². The summed E-state index contributed by atoms with van der Waals surface area (Å²) in [5, 5.41) is 0. The molecule has 0 saturated heterocycles. The van der Waals surface area contributed by atoms with Gasteiger partial charge in [-0.15, -0.1) is 0 Å². The second-order valence-corrected chi connectivity index (χ2v) is 2.69. The van der Waals surface area contributed by atoms with E-state index in [2.05, 4.69) is 0 Å². The molecule has 0 saturated carbocycles. The van der Waals surface area contributed by atoms with E-state index >= 15 is 0 Å². The SMILES string of the molecule is CCCC(OCCN)C(=O)OCC. The molecule has 0 bridgehead atoms. The van der Waals surface area contributed by atoms with E-state index in [1.807, 2.05) is 6.92 Å². The minimum atomic E-state index is -0.437. The molecule has 0 fully saturated rings. The zero-order chi connectivity index (χ0) is 10.1. The predicted octanol–water partition coefficient (Wildman–Crippen LogP) is 0.694. The van der Waals surface area contributed by atoms with Crippen molar-refractivity contribution >= 4 is 5.97 Å². The van der Waals surface area contributed by atoms with Crippen LogP contribution in [-0.2, 0) is 14.3 Å². The molecular formula is C9H19NO3. The van der Waals surface area contributed by atoms with Crippen LogP contribution in [0, 0.1) is 0 Å². The van der Waals surface area contributed by atoms with E-state index in [4.69, 9.17) is 15.2 Å². The number of hydrogen-bond donors (Lipinski definition) is 1. The highest BCUT2D eigenvalue weighted by atomic mass is 16.6. The summed E-state index contributed by atoms with van der Waals surface area (Å²) in [5.41, 5.74) is 5.27. The summed E-state index contributed by atoms with van der Waals surface area (Å²) in [5.74, 6) is -0.280. The summed E-state index contributed by atoms with van der Waals surface area (Å²) >= 11 is 0. The van der Waals surface area contributed by atoms with Crippen molar-refractivity contribution in [3.8, 4) is 0 Å². The van der Waals surface area contributed by atoms with Crippen molar-refractivity contribution in [3.05, 3.63) is 0 Å². The number of rotatable bonds is 7. The molecule has 0 heterocycles. The van der Waals surface area contributed by atoms with Gasteiger partial charge in [-0.25, -0.2) is 4.79 Å². The smallest absolute Gasteiger partial charge is 0.335 e. The largest absolute Gasteiger partial charge is 0.464 e. The number of esters is 1. The summed E-state index contributed by atoms with van der Waals surface area (Å²) in [6, 6.07) is 0. The van der Waals surface area contributed by atoms with Crippen molar-refractivity contribution in [1.82, 2.24) is 0 Å². The Kier molecular flexibility index (Phi) is 7.63. The third-order valence-electron chi connectivity index (χ3n) is 1.54. The van der Waals surface area contributed by atoms with Crippen LogP contribution >= 0.6 is 0 Å². The lowest BCUT2D eigenvalue weighted by Crippen LogP contribution is -2.28. The first-order chi connectivity index (χ1) is 6.26. The predicted molar refractivity (Wildman–Crippen MR) is 50.3 cm³/mol. The molecule has 4 nitrogen and oxygen atoms in total. The van der Waals surface area contributed by atoms with Crippen molar-refractivity contribution in [2.24, 2.45) is 5.73 Å². The quantitative estimate of drug-likeness (QED) is 0.599. The summed E-state index contributed by atoms with van der Waals surface area (Å²) in [7, 11) is 0. The second-order valence-electron chi connectivity index (χ2n) is 2.69. The average molecular weight is 189 g/mol. The van der Waals surface area contributed by atoms with E-state index in [1.54, 1.807) is 6.92 Å². The zero-order valence-electron chi connectivity index (χ0n) is 8.41. The van der Waals surface area contributed by atoms with Crippen LogP contribution in [0.25, 0.3) is 0 Å². The van der Waals surface area contributed by atoms with Crippen molar-refractivity contribution in [2.75, 3.05) is 19.8 Å². The third kappa shape index (κ3) is 5.60. The van der Waals surface area contributed by atoms with Crippen LogP contribution in [0.2, 0.25) is 0 Å². The molecule has 0 aromatic carbocycles. The van der Waals surface area contributed by atoms with Crippen LogP contribution in [-0.4, -0.2) is 31.8 Å². The molecule has 0 radical (unpaired) electrons. The Labute approximate surface area is 79.4 Å². The summed E-state index contributed by atoms with van der Waals surface area (Å²) in [6.07, 6.45) is 1.15. The maximum absolute atomic E-state index is 11.3. The molecule has 0 spiro atoms.